The first-order valence-electron chi connectivity index (χ1n) is 6.37. The van der Waals surface area contributed by atoms with Crippen molar-refractivity contribution in [3.8, 4) is 0 Å². The van der Waals surface area contributed by atoms with Gasteiger partial charge in [0.05, 0.1) is 6.42 Å². The summed E-state index contributed by atoms with van der Waals surface area (Å²) in [6.45, 7) is 3.76. The first-order valence-corrected chi connectivity index (χ1v) is 6.37. The second-order valence-electron chi connectivity index (χ2n) is 4.80. The Balaban J connectivity index is 2.10. The average Bonchev–Trinajstić information content (AvgIpc) is 2.38. The molecule has 0 aromatic heterocycles. The maximum atomic E-state index is 11.4. The molecule has 2 N–H and O–H groups in total. The molecule has 1 aliphatic rings. The number of nitrogens with one attached hydrogen (secondary N) is 1. The Morgan fingerprint density at radius 2 is 2.26 bits per heavy atom. The summed E-state index contributed by atoms with van der Waals surface area (Å²) in [7, 11) is 0. The Kier molecular flexibility index (Phi) is 4.16. The van der Waals surface area contributed by atoms with Crippen molar-refractivity contribution in [3.05, 3.63) is 29.8 Å². The maximum absolute atomic E-state index is 11.4. The third kappa shape index (κ3) is 3.54. The van der Waals surface area contributed by atoms with E-state index in [4.69, 9.17) is 5.11 Å². The molecule has 0 amide bonds. The van der Waals surface area contributed by atoms with Crippen molar-refractivity contribution < 1.29 is 14.7 Å². The smallest absolute Gasteiger partial charge is 0.304 e. The normalized spacial score (nSPS) is 19.2. The van der Waals surface area contributed by atoms with Crippen molar-refractivity contribution in [2.24, 2.45) is 0 Å². The Hall–Kier alpha value is -1.88. The zero-order chi connectivity index (χ0) is 13.8. The summed E-state index contributed by atoms with van der Waals surface area (Å²) in [5.41, 5.74) is 1.66. The van der Waals surface area contributed by atoms with E-state index >= 15 is 0 Å². The van der Waals surface area contributed by atoms with Gasteiger partial charge in [0.2, 0.25) is 0 Å². The van der Waals surface area contributed by atoms with Gasteiger partial charge in [-0.05, 0) is 19.1 Å². The lowest BCUT2D eigenvalue weighted by Crippen LogP contribution is -2.51. The monoisotopic (exact) mass is 262 g/mol. The van der Waals surface area contributed by atoms with Gasteiger partial charge < -0.3 is 15.3 Å². The Labute approximate surface area is 112 Å². The van der Waals surface area contributed by atoms with Gasteiger partial charge in [0.15, 0.2) is 5.78 Å². The van der Waals surface area contributed by atoms with Gasteiger partial charge in [-0.2, -0.15) is 0 Å². The molecule has 19 heavy (non-hydrogen) atoms. The molecule has 2 rings (SSSR count). The number of benzene rings is 1. The molecular weight excluding hydrogens is 244 g/mol. The van der Waals surface area contributed by atoms with Gasteiger partial charge in [0, 0.05) is 36.9 Å². The summed E-state index contributed by atoms with van der Waals surface area (Å²) >= 11 is 0. The number of ketones is 1. The van der Waals surface area contributed by atoms with E-state index in [0.717, 1.165) is 18.8 Å². The number of carbonyl (C=O) groups excluding carboxylic acids is 1. The fourth-order valence-electron chi connectivity index (χ4n) is 2.33. The van der Waals surface area contributed by atoms with Crippen molar-refractivity contribution in [1.29, 1.82) is 0 Å². The molecule has 0 saturated carbocycles. The second kappa shape index (κ2) is 5.84. The fraction of sp³-hybridized carbons (Fsp3) is 0.429. The van der Waals surface area contributed by atoms with Gasteiger partial charge >= 0.3 is 5.97 Å². The van der Waals surface area contributed by atoms with Gasteiger partial charge in [-0.25, -0.2) is 0 Å². The zero-order valence-electron chi connectivity index (χ0n) is 10.9. The van der Waals surface area contributed by atoms with Crippen LogP contribution in [0.25, 0.3) is 0 Å². The number of carbonyl (C=O) groups is 2. The standard InChI is InChI=1S/C14H18N2O3/c1-10(17)11-3-2-4-13(7-11)16-6-5-15-12(9-16)8-14(18)19/h2-4,7,12,15H,5-6,8-9H2,1H3,(H,18,19). The number of aliphatic carboxylic acids is 1. The van der Waals surface area contributed by atoms with Crippen LogP contribution in [-0.4, -0.2) is 42.5 Å². The predicted octanol–water partition coefficient (Wildman–Crippen LogP) is 1.14. The highest BCUT2D eigenvalue weighted by molar-refractivity contribution is 5.95. The quantitative estimate of drug-likeness (QED) is 0.796. The van der Waals surface area contributed by atoms with E-state index in [9.17, 15) is 9.59 Å². The molecule has 5 nitrogen and oxygen atoms in total. The van der Waals surface area contributed by atoms with E-state index in [1.807, 2.05) is 18.2 Å². The van der Waals surface area contributed by atoms with Crippen LogP contribution in [0.3, 0.4) is 0 Å². The van der Waals surface area contributed by atoms with Gasteiger partial charge in [0.25, 0.3) is 0 Å². The van der Waals surface area contributed by atoms with E-state index in [1.54, 1.807) is 13.0 Å². The van der Waals surface area contributed by atoms with Gasteiger partial charge in [0.1, 0.15) is 0 Å². The van der Waals surface area contributed by atoms with Crippen LogP contribution in [0.15, 0.2) is 24.3 Å². The number of anilines is 1. The minimum absolute atomic E-state index is 0.0408. The molecule has 1 atom stereocenters. The summed E-state index contributed by atoms with van der Waals surface area (Å²) < 4.78 is 0. The molecule has 0 radical (unpaired) electrons. The lowest BCUT2D eigenvalue weighted by Gasteiger charge is -2.34. The Bertz CT molecular complexity index is 487. The molecule has 1 aromatic carbocycles. The number of carboxylic acid groups (broad SMARTS) is 1. The number of Topliss-reactive ketones (excluding diaryl/α,β-unsaturated/α-hetero) is 1. The third-order valence-corrected chi connectivity index (χ3v) is 3.29. The van der Waals surface area contributed by atoms with Crippen molar-refractivity contribution >= 4 is 17.4 Å². The van der Waals surface area contributed by atoms with E-state index in [2.05, 4.69) is 10.2 Å². The van der Waals surface area contributed by atoms with E-state index in [1.165, 1.54) is 0 Å². The van der Waals surface area contributed by atoms with E-state index in [0.29, 0.717) is 12.1 Å². The number of carboxylic acids is 1. The summed E-state index contributed by atoms with van der Waals surface area (Å²) in [4.78, 5) is 24.3. The summed E-state index contributed by atoms with van der Waals surface area (Å²) in [5, 5.41) is 12.0. The SMILES string of the molecule is CC(=O)c1cccc(N2CCNC(CC(=O)O)C2)c1. The number of piperazine rings is 1. The van der Waals surface area contributed by atoms with Gasteiger partial charge in [-0.15, -0.1) is 0 Å². The minimum atomic E-state index is -0.795. The lowest BCUT2D eigenvalue weighted by molar-refractivity contribution is -0.137. The summed E-state index contributed by atoms with van der Waals surface area (Å²) in [6, 6.07) is 7.43. The maximum Gasteiger partial charge on any atom is 0.304 e. The van der Waals surface area contributed by atoms with E-state index < -0.39 is 5.97 Å². The number of hydrogen-bond acceptors (Lipinski definition) is 4. The molecule has 0 bridgehead atoms. The Morgan fingerprint density at radius 1 is 1.47 bits per heavy atom. The van der Waals surface area contributed by atoms with Gasteiger partial charge in [-0.1, -0.05) is 12.1 Å². The van der Waals surface area contributed by atoms with Gasteiger partial charge in [-0.3, -0.25) is 9.59 Å². The van der Waals surface area contributed by atoms with Crippen LogP contribution in [0.5, 0.6) is 0 Å². The highest BCUT2D eigenvalue weighted by atomic mass is 16.4. The van der Waals surface area contributed by atoms with Crippen LogP contribution in [0.2, 0.25) is 0 Å². The van der Waals surface area contributed by atoms with Crippen LogP contribution < -0.4 is 10.2 Å². The molecule has 1 fully saturated rings. The fourth-order valence-corrected chi connectivity index (χ4v) is 2.33. The van der Waals surface area contributed by atoms with E-state index in [-0.39, 0.29) is 18.2 Å². The highest BCUT2D eigenvalue weighted by Gasteiger charge is 2.21. The first-order chi connectivity index (χ1) is 9.06. The molecule has 0 aliphatic carbocycles. The second-order valence-corrected chi connectivity index (χ2v) is 4.80. The molecule has 1 unspecified atom stereocenters. The summed E-state index contributed by atoms with van der Waals surface area (Å²) in [6.07, 6.45) is 0.114. The van der Waals surface area contributed by atoms with Crippen LogP contribution in [0, 0.1) is 0 Å². The molecule has 1 saturated heterocycles. The molecule has 0 spiro atoms. The van der Waals surface area contributed by atoms with Crippen LogP contribution in [0.4, 0.5) is 5.69 Å². The molecule has 102 valence electrons. The zero-order valence-corrected chi connectivity index (χ0v) is 10.9. The highest BCUT2D eigenvalue weighted by Crippen LogP contribution is 2.18. The molecule has 5 heteroatoms. The van der Waals surface area contributed by atoms with Crippen LogP contribution >= 0.6 is 0 Å². The summed E-state index contributed by atoms with van der Waals surface area (Å²) in [5.74, 6) is -0.754. The number of nitrogens with zero attached hydrogens (tertiary/aromatic N) is 1. The van der Waals surface area contributed by atoms with Crippen LogP contribution in [-0.2, 0) is 4.79 Å². The third-order valence-electron chi connectivity index (χ3n) is 3.29. The number of hydrogen-bond donors (Lipinski definition) is 2. The molecule has 1 heterocycles. The van der Waals surface area contributed by atoms with Crippen molar-refractivity contribution in [2.75, 3.05) is 24.5 Å². The van der Waals surface area contributed by atoms with Crippen molar-refractivity contribution in [2.45, 2.75) is 19.4 Å². The minimum Gasteiger partial charge on any atom is -0.481 e. The first kappa shape index (κ1) is 13.5. The van der Waals surface area contributed by atoms with Crippen molar-refractivity contribution in [3.63, 3.8) is 0 Å². The van der Waals surface area contributed by atoms with Crippen molar-refractivity contribution in [1.82, 2.24) is 5.32 Å². The molecule has 1 aliphatic heterocycles. The predicted molar refractivity (Wildman–Crippen MR) is 72.7 cm³/mol. The van der Waals surface area contributed by atoms with Crippen LogP contribution in [0.1, 0.15) is 23.7 Å². The molecular formula is C14H18N2O3. The molecule has 1 aromatic rings. The largest absolute Gasteiger partial charge is 0.481 e. The topological polar surface area (TPSA) is 69.6 Å². The number of rotatable bonds is 4. The average molecular weight is 262 g/mol. The lowest BCUT2D eigenvalue weighted by atomic mass is 10.1. The Morgan fingerprint density at radius 3 is 2.95 bits per heavy atom.